The van der Waals surface area contributed by atoms with Crippen LogP contribution < -0.4 is 5.32 Å². The summed E-state index contributed by atoms with van der Waals surface area (Å²) in [5.41, 5.74) is 10.8. The van der Waals surface area contributed by atoms with Crippen molar-refractivity contribution in [2.75, 3.05) is 26.8 Å². The Hall–Kier alpha value is -4.03. The fourth-order valence-electron chi connectivity index (χ4n) is 3.60. The summed E-state index contributed by atoms with van der Waals surface area (Å²) in [6.45, 7) is 10.7. The normalized spacial score (nSPS) is 14.2. The molecule has 7 nitrogen and oxygen atoms in total. The summed E-state index contributed by atoms with van der Waals surface area (Å²) in [4.78, 5) is 15.3. The third-order valence-electron chi connectivity index (χ3n) is 5.47. The van der Waals surface area contributed by atoms with Crippen molar-refractivity contribution in [3.63, 3.8) is 0 Å². The van der Waals surface area contributed by atoms with Gasteiger partial charge in [0.1, 0.15) is 0 Å². The predicted octanol–water partition coefficient (Wildman–Crippen LogP) is 5.17. The zero-order valence-electron chi connectivity index (χ0n) is 21.1. The van der Waals surface area contributed by atoms with Gasteiger partial charge >= 0.3 is 5.97 Å². The molecule has 2 N–H and O–H groups in total. The Morgan fingerprint density at radius 3 is 2.69 bits per heavy atom. The van der Waals surface area contributed by atoms with Crippen molar-refractivity contribution in [1.29, 1.82) is 0 Å². The molecule has 36 heavy (non-hydrogen) atoms. The number of carboxylic acids is 1. The Bertz CT molecular complexity index is 1330. The lowest BCUT2D eigenvalue weighted by Gasteiger charge is -2.11. The van der Waals surface area contributed by atoms with Crippen molar-refractivity contribution < 1.29 is 19.2 Å². The van der Waals surface area contributed by atoms with Crippen molar-refractivity contribution in [2.24, 2.45) is 0 Å². The van der Waals surface area contributed by atoms with Crippen LogP contribution in [0, 0.1) is 6.92 Å². The van der Waals surface area contributed by atoms with Crippen molar-refractivity contribution in [2.45, 2.75) is 20.8 Å². The first-order chi connectivity index (χ1) is 17.3. The highest BCUT2D eigenvalue weighted by Gasteiger charge is 2.16. The number of hydrogen-bond donors (Lipinski definition) is 2. The highest BCUT2D eigenvalue weighted by atomic mass is 16.5. The fraction of sp³-hybridized carbons (Fsp3) is 0.241. The third-order valence-corrected chi connectivity index (χ3v) is 5.47. The van der Waals surface area contributed by atoms with Crippen LogP contribution in [-0.4, -0.2) is 48.0 Å². The summed E-state index contributed by atoms with van der Waals surface area (Å²) < 4.78 is 11.0. The summed E-state index contributed by atoms with van der Waals surface area (Å²) in [7, 11) is 1.66. The molecule has 0 aliphatic heterocycles. The number of carbonyl (C=O) groups is 1. The molecule has 186 valence electrons. The minimum absolute atomic E-state index is 0.0976. The first kappa shape index (κ1) is 26.6. The van der Waals surface area contributed by atoms with Crippen molar-refractivity contribution in [3.05, 3.63) is 107 Å². The Morgan fingerprint density at radius 1 is 1.22 bits per heavy atom. The maximum Gasteiger partial charge on any atom is 0.317 e. The molecule has 1 heterocycles. The van der Waals surface area contributed by atoms with Gasteiger partial charge in [0.25, 0.3) is 5.89 Å². The van der Waals surface area contributed by atoms with Gasteiger partial charge in [0.05, 0.1) is 13.2 Å². The van der Waals surface area contributed by atoms with Gasteiger partial charge in [0.15, 0.2) is 0 Å². The first-order valence-electron chi connectivity index (χ1n) is 11.5. The van der Waals surface area contributed by atoms with Gasteiger partial charge in [-0.1, -0.05) is 59.8 Å². The minimum Gasteiger partial charge on any atom is -0.480 e. The van der Waals surface area contributed by atoms with E-state index in [2.05, 4.69) is 46.8 Å². The summed E-state index contributed by atoms with van der Waals surface area (Å²) in [5, 5.41) is 15.8. The van der Waals surface area contributed by atoms with Crippen LogP contribution in [0.15, 0.2) is 88.2 Å². The van der Waals surface area contributed by atoms with Crippen molar-refractivity contribution in [3.8, 4) is 0 Å². The van der Waals surface area contributed by atoms with Gasteiger partial charge in [0.2, 0.25) is 5.82 Å². The van der Waals surface area contributed by atoms with E-state index in [-0.39, 0.29) is 6.54 Å². The lowest BCUT2D eigenvalue weighted by atomic mass is 9.95. The molecule has 1 aliphatic carbocycles. The lowest BCUT2D eigenvalue weighted by Crippen LogP contribution is -2.23. The topological polar surface area (TPSA) is 97.5 Å². The second-order valence-corrected chi connectivity index (χ2v) is 8.51. The van der Waals surface area contributed by atoms with Crippen LogP contribution in [0.1, 0.15) is 36.7 Å². The number of methoxy groups -OCH3 is 1. The maximum atomic E-state index is 10.7. The van der Waals surface area contributed by atoms with Crippen molar-refractivity contribution >= 4 is 22.7 Å². The maximum absolute atomic E-state index is 10.7. The summed E-state index contributed by atoms with van der Waals surface area (Å²) in [6, 6.07) is 8.19. The minimum atomic E-state index is -0.896. The molecule has 0 atom stereocenters. The number of allylic oxidation sites excluding steroid dienone is 7. The van der Waals surface area contributed by atoms with E-state index in [0.717, 1.165) is 44.6 Å². The lowest BCUT2D eigenvalue weighted by molar-refractivity contribution is -0.135. The zero-order valence-corrected chi connectivity index (χ0v) is 21.1. The van der Waals surface area contributed by atoms with E-state index >= 15 is 0 Å². The average molecular weight is 486 g/mol. The monoisotopic (exact) mass is 485 g/mol. The Balaban J connectivity index is 1.91. The predicted molar refractivity (Wildman–Crippen MR) is 142 cm³/mol. The van der Waals surface area contributed by atoms with Crippen molar-refractivity contribution in [1.82, 2.24) is 15.5 Å². The number of nitrogens with zero attached hydrogens (tertiary/aromatic N) is 2. The Morgan fingerprint density at radius 2 is 2.00 bits per heavy atom. The Kier molecular flexibility index (Phi) is 9.31. The molecule has 0 amide bonds. The van der Waals surface area contributed by atoms with Crippen LogP contribution in [0.2, 0.25) is 0 Å². The van der Waals surface area contributed by atoms with E-state index in [9.17, 15) is 4.79 Å². The molecular formula is C29H31N3O4. The number of aromatic nitrogens is 2. The summed E-state index contributed by atoms with van der Waals surface area (Å²) >= 11 is 0. The van der Waals surface area contributed by atoms with E-state index < -0.39 is 5.97 Å². The standard InChI is InChI=1S/C29H31N3O4/c1-19(2)24(14-10-20(3)16-30-17-27(33)34)28-31-29(36-32-28)22-11-12-23(18-35-5)26(15-13-22)25-9-7-6-8-21(25)4/h6-11,13-15,30H,1,16-18H2,2-5H3,(H,33,34)/b20-10+,24-14+. The van der Waals surface area contributed by atoms with Gasteiger partial charge in [-0.2, -0.15) is 4.98 Å². The third kappa shape index (κ3) is 6.99. The number of hydrogen-bond acceptors (Lipinski definition) is 6. The number of aryl methyl sites for hydroxylation is 1. The highest BCUT2D eigenvalue weighted by molar-refractivity contribution is 5.86. The van der Waals surface area contributed by atoms with Gasteiger partial charge in [-0.3, -0.25) is 4.79 Å². The van der Waals surface area contributed by atoms with E-state index in [1.54, 1.807) is 7.11 Å². The number of aliphatic carboxylic acids is 1. The number of carboxylic acid groups (broad SMARTS) is 1. The van der Waals surface area contributed by atoms with Crippen LogP contribution in [0.5, 0.6) is 0 Å². The number of nitrogens with one attached hydrogen (secondary N) is 1. The van der Waals surface area contributed by atoms with Gasteiger partial charge in [-0.05, 0) is 55.2 Å². The molecule has 3 rings (SSSR count). The average Bonchev–Trinajstić information content (AvgIpc) is 3.21. The number of ether oxygens (including phenoxy) is 1. The van der Waals surface area contributed by atoms with Crippen LogP contribution in [0.3, 0.4) is 0 Å². The molecule has 0 radical (unpaired) electrons. The van der Waals surface area contributed by atoms with Crippen LogP contribution >= 0.6 is 0 Å². The van der Waals surface area contributed by atoms with E-state index in [1.165, 1.54) is 0 Å². The number of rotatable bonds is 11. The molecule has 0 unspecified atom stereocenters. The molecule has 1 aromatic heterocycles. The van der Waals surface area contributed by atoms with Gasteiger partial charge in [-0.15, -0.1) is 5.73 Å². The molecule has 2 aromatic rings. The second kappa shape index (κ2) is 12.6. The molecule has 0 fully saturated rings. The van der Waals surface area contributed by atoms with E-state index in [0.29, 0.717) is 24.9 Å². The van der Waals surface area contributed by atoms with Crippen LogP contribution in [-0.2, 0) is 9.53 Å². The van der Waals surface area contributed by atoms with E-state index in [1.807, 2.05) is 56.4 Å². The SMILES string of the molecule is C=C(C)/C(=C\C=C(/C)CNCC(=O)O)c1noc(C2=CC=C(c3ccccc3C)C(COC)=C=C2)n1. The summed E-state index contributed by atoms with van der Waals surface area (Å²) in [6.07, 6.45) is 9.54. The highest BCUT2D eigenvalue weighted by Crippen LogP contribution is 2.30. The fourth-order valence-corrected chi connectivity index (χ4v) is 3.60. The van der Waals surface area contributed by atoms with Gasteiger partial charge in [-0.25, -0.2) is 0 Å². The van der Waals surface area contributed by atoms with Gasteiger partial charge < -0.3 is 19.7 Å². The molecule has 1 aromatic carbocycles. The number of benzene rings is 1. The van der Waals surface area contributed by atoms with Gasteiger partial charge in [0, 0.05) is 30.4 Å². The largest absolute Gasteiger partial charge is 0.480 e. The zero-order chi connectivity index (χ0) is 26.1. The summed E-state index contributed by atoms with van der Waals surface area (Å²) in [5.74, 6) is -0.109. The first-order valence-corrected chi connectivity index (χ1v) is 11.5. The quantitative estimate of drug-likeness (QED) is 0.335. The molecule has 0 bridgehead atoms. The smallest absolute Gasteiger partial charge is 0.317 e. The molecular weight excluding hydrogens is 454 g/mol. The molecule has 0 spiro atoms. The molecule has 7 heteroatoms. The molecule has 0 saturated carbocycles. The Labute approximate surface area is 211 Å². The van der Waals surface area contributed by atoms with Crippen LogP contribution in [0.25, 0.3) is 16.7 Å². The van der Waals surface area contributed by atoms with E-state index in [4.69, 9.17) is 14.4 Å². The molecule has 1 aliphatic rings. The molecule has 0 saturated heterocycles. The van der Waals surface area contributed by atoms with Crippen LogP contribution in [0.4, 0.5) is 0 Å². The second-order valence-electron chi connectivity index (χ2n) is 8.51.